The zero-order valence-corrected chi connectivity index (χ0v) is 9.36. The minimum absolute atomic E-state index is 1.07. The molecule has 80 valence electrons. The summed E-state index contributed by atoms with van der Waals surface area (Å²) in [4.78, 5) is 0. The molecule has 0 radical (unpaired) electrons. The molecule has 2 rings (SSSR count). The Bertz CT molecular complexity index is 309. The Balaban J connectivity index is 2.10. The first kappa shape index (κ1) is 10.4. The van der Waals surface area contributed by atoms with Gasteiger partial charge >= 0.3 is 0 Å². The third kappa shape index (κ3) is 2.48. The Hall–Kier alpha value is -1.08. The van der Waals surface area contributed by atoms with Crippen LogP contribution in [0.5, 0.6) is 0 Å². The lowest BCUT2D eigenvalue weighted by Crippen LogP contribution is -2.45. The molecule has 0 N–H and O–H groups in total. The van der Waals surface area contributed by atoms with Gasteiger partial charge in [-0.15, -0.1) is 0 Å². The van der Waals surface area contributed by atoms with Crippen LogP contribution in [0.2, 0.25) is 0 Å². The second-order valence-corrected chi connectivity index (χ2v) is 4.55. The highest BCUT2D eigenvalue weighted by atomic mass is 15.3. The van der Waals surface area contributed by atoms with Crippen molar-refractivity contribution in [3.05, 3.63) is 48.7 Å². The van der Waals surface area contributed by atoms with Crippen molar-refractivity contribution in [1.82, 2.24) is 0 Å². The van der Waals surface area contributed by atoms with Gasteiger partial charge in [0, 0.05) is 5.56 Å². The summed E-state index contributed by atoms with van der Waals surface area (Å²) < 4.78 is 1.07. The fraction of sp³-hybridized carbons (Fsp3) is 0.429. The fourth-order valence-electron chi connectivity index (χ4n) is 2.49. The zero-order valence-electron chi connectivity index (χ0n) is 9.36. The van der Waals surface area contributed by atoms with Gasteiger partial charge in [-0.05, 0) is 25.8 Å². The van der Waals surface area contributed by atoms with Crippen LogP contribution in [-0.4, -0.2) is 17.6 Å². The molecule has 1 heterocycles. The quantitative estimate of drug-likeness (QED) is 0.659. The Morgan fingerprint density at radius 2 is 1.73 bits per heavy atom. The number of nitrogens with zero attached hydrogens (tertiary/aromatic N) is 1. The van der Waals surface area contributed by atoms with Gasteiger partial charge in [-0.25, -0.2) is 0 Å². The van der Waals surface area contributed by atoms with E-state index in [4.69, 9.17) is 0 Å². The molecule has 0 atom stereocenters. The van der Waals surface area contributed by atoms with Crippen molar-refractivity contribution in [2.24, 2.45) is 0 Å². The van der Waals surface area contributed by atoms with Crippen LogP contribution in [0, 0.1) is 0 Å². The molecule has 0 aromatic heterocycles. The molecule has 0 unspecified atom stereocenters. The van der Waals surface area contributed by atoms with Gasteiger partial charge in [0.25, 0.3) is 0 Å². The van der Waals surface area contributed by atoms with Gasteiger partial charge in [0.1, 0.15) is 6.54 Å². The van der Waals surface area contributed by atoms with E-state index in [1.807, 2.05) is 0 Å². The minimum atomic E-state index is 1.07. The van der Waals surface area contributed by atoms with Gasteiger partial charge in [0.2, 0.25) is 0 Å². The number of piperidine rings is 1. The molecule has 1 saturated heterocycles. The summed E-state index contributed by atoms with van der Waals surface area (Å²) in [6, 6.07) is 10.8. The summed E-state index contributed by atoms with van der Waals surface area (Å²) in [6.45, 7) is 7.66. The van der Waals surface area contributed by atoms with Crippen molar-refractivity contribution in [3.63, 3.8) is 0 Å². The normalized spacial score (nSPS) is 19.7. The first-order valence-electron chi connectivity index (χ1n) is 5.88. The second kappa shape index (κ2) is 4.63. The molecule has 1 aliphatic rings. The summed E-state index contributed by atoms with van der Waals surface area (Å²) in [5, 5.41) is 0. The summed E-state index contributed by atoms with van der Waals surface area (Å²) in [6.07, 6.45) is 6.23. The van der Waals surface area contributed by atoms with Gasteiger partial charge in [0.05, 0.1) is 19.3 Å². The summed E-state index contributed by atoms with van der Waals surface area (Å²) in [7, 11) is 0. The Morgan fingerprint density at radius 1 is 1.07 bits per heavy atom. The topological polar surface area (TPSA) is 0 Å². The molecular formula is C14H20N+. The van der Waals surface area contributed by atoms with Crippen LogP contribution in [0.3, 0.4) is 0 Å². The first-order valence-corrected chi connectivity index (χ1v) is 5.88. The Morgan fingerprint density at radius 3 is 2.33 bits per heavy atom. The van der Waals surface area contributed by atoms with E-state index < -0.39 is 0 Å². The van der Waals surface area contributed by atoms with Crippen LogP contribution in [0.15, 0.2) is 43.1 Å². The predicted molar refractivity (Wildman–Crippen MR) is 64.2 cm³/mol. The van der Waals surface area contributed by atoms with E-state index >= 15 is 0 Å². The third-order valence-corrected chi connectivity index (χ3v) is 3.43. The highest BCUT2D eigenvalue weighted by Crippen LogP contribution is 2.22. The van der Waals surface area contributed by atoms with E-state index in [0.29, 0.717) is 0 Å². The average molecular weight is 202 g/mol. The molecular weight excluding hydrogens is 182 g/mol. The van der Waals surface area contributed by atoms with Gasteiger partial charge in [-0.3, -0.25) is 4.48 Å². The van der Waals surface area contributed by atoms with Gasteiger partial charge < -0.3 is 0 Å². The van der Waals surface area contributed by atoms with Crippen molar-refractivity contribution in [3.8, 4) is 0 Å². The molecule has 1 fully saturated rings. The maximum Gasteiger partial charge on any atom is 0.109 e. The predicted octanol–water partition coefficient (Wildman–Crippen LogP) is 3.33. The number of rotatable bonds is 3. The van der Waals surface area contributed by atoms with Gasteiger partial charge in [-0.2, -0.15) is 0 Å². The average Bonchev–Trinajstić information content (AvgIpc) is 2.32. The van der Waals surface area contributed by atoms with Crippen LogP contribution < -0.4 is 0 Å². The van der Waals surface area contributed by atoms with Crippen molar-refractivity contribution < 1.29 is 4.48 Å². The molecule has 0 bridgehead atoms. The number of likely N-dealkylation sites (tertiary alicyclic amines) is 1. The number of quaternary nitrogens is 1. The molecule has 0 aliphatic carbocycles. The third-order valence-electron chi connectivity index (χ3n) is 3.43. The SMILES string of the molecule is C=C[N+]1(Cc2ccccc2)CCCCC1. The van der Waals surface area contributed by atoms with Gasteiger partial charge in [-0.1, -0.05) is 30.3 Å². The van der Waals surface area contributed by atoms with Crippen LogP contribution >= 0.6 is 0 Å². The molecule has 0 spiro atoms. The number of benzene rings is 1. The number of hydrogen-bond donors (Lipinski definition) is 0. The molecule has 0 amide bonds. The summed E-state index contributed by atoms with van der Waals surface area (Å²) in [5.74, 6) is 0. The standard InChI is InChI=1S/C14H20N/c1-2-15(11-7-4-8-12-15)13-14-9-5-3-6-10-14/h2-3,5-6,9-10H,1,4,7-8,11-13H2/q+1. The first-order chi connectivity index (χ1) is 7.35. The van der Waals surface area contributed by atoms with E-state index in [-0.39, 0.29) is 0 Å². The smallest absolute Gasteiger partial charge is 0.109 e. The summed E-state index contributed by atoms with van der Waals surface area (Å²) >= 11 is 0. The molecule has 1 aromatic carbocycles. The Labute approximate surface area is 92.6 Å². The molecule has 15 heavy (non-hydrogen) atoms. The van der Waals surface area contributed by atoms with E-state index in [1.54, 1.807) is 0 Å². The largest absolute Gasteiger partial charge is 0.294 e. The second-order valence-electron chi connectivity index (χ2n) is 4.55. The van der Waals surface area contributed by atoms with Crippen LogP contribution in [-0.2, 0) is 6.54 Å². The summed E-state index contributed by atoms with van der Waals surface area (Å²) in [5.41, 5.74) is 1.43. The van der Waals surface area contributed by atoms with E-state index in [0.717, 1.165) is 11.0 Å². The molecule has 1 heteroatoms. The maximum atomic E-state index is 4.02. The molecule has 1 aliphatic heterocycles. The molecule has 1 nitrogen and oxygen atoms in total. The Kier molecular flexibility index (Phi) is 3.22. The maximum absolute atomic E-state index is 4.02. The van der Waals surface area contributed by atoms with Crippen LogP contribution in [0.1, 0.15) is 24.8 Å². The lowest BCUT2D eigenvalue weighted by atomic mass is 10.1. The van der Waals surface area contributed by atoms with Crippen LogP contribution in [0.4, 0.5) is 0 Å². The zero-order chi connectivity index (χ0) is 10.6. The fourth-order valence-corrected chi connectivity index (χ4v) is 2.49. The van der Waals surface area contributed by atoms with Crippen molar-refractivity contribution in [2.45, 2.75) is 25.8 Å². The van der Waals surface area contributed by atoms with Crippen molar-refractivity contribution in [1.29, 1.82) is 0 Å². The molecule has 1 aromatic rings. The number of hydrogen-bond acceptors (Lipinski definition) is 0. The minimum Gasteiger partial charge on any atom is -0.294 e. The van der Waals surface area contributed by atoms with E-state index in [9.17, 15) is 0 Å². The van der Waals surface area contributed by atoms with E-state index in [1.165, 1.54) is 37.9 Å². The highest BCUT2D eigenvalue weighted by Gasteiger charge is 2.26. The van der Waals surface area contributed by atoms with Crippen LogP contribution in [0.25, 0.3) is 0 Å². The van der Waals surface area contributed by atoms with Crippen molar-refractivity contribution >= 4 is 0 Å². The molecule has 0 saturated carbocycles. The lowest BCUT2D eigenvalue weighted by Gasteiger charge is -2.38. The van der Waals surface area contributed by atoms with Gasteiger partial charge in [0.15, 0.2) is 0 Å². The highest BCUT2D eigenvalue weighted by molar-refractivity contribution is 5.13. The lowest BCUT2D eigenvalue weighted by molar-refractivity contribution is -0.897. The monoisotopic (exact) mass is 202 g/mol. The van der Waals surface area contributed by atoms with Crippen molar-refractivity contribution in [2.75, 3.05) is 13.1 Å². The van der Waals surface area contributed by atoms with E-state index in [2.05, 4.69) is 43.1 Å².